The number of carbonyl (C=O) groups is 10. The number of unbranched alkanes of at least 4 members (excludes halogenated alkanes) is 1. The first-order valence-electron chi connectivity index (χ1n) is 20.8. The molecule has 1 rings (SSSR count). The third-order valence-electron chi connectivity index (χ3n) is 9.44. The van der Waals surface area contributed by atoms with Crippen LogP contribution < -0.4 is 48.7 Å². The van der Waals surface area contributed by atoms with E-state index in [4.69, 9.17) is 16.6 Å². The molecule has 8 atom stereocenters. The van der Waals surface area contributed by atoms with E-state index in [0.717, 1.165) is 0 Å². The summed E-state index contributed by atoms with van der Waals surface area (Å²) in [5.74, 6) is -11.1. The maximum absolute atomic E-state index is 13.8. The Morgan fingerprint density at radius 3 is 1.59 bits per heavy atom. The molecule has 25 nitrogen and oxygen atoms in total. The number of hydrogen-bond acceptors (Lipinski definition) is 14. The van der Waals surface area contributed by atoms with Crippen LogP contribution in [-0.4, -0.2) is 151 Å². The lowest BCUT2D eigenvalue weighted by Crippen LogP contribution is -2.61. The number of aromatic nitrogens is 2. The van der Waals surface area contributed by atoms with E-state index in [1.807, 2.05) is 0 Å². The molecule has 0 aliphatic carbocycles. The molecule has 0 aromatic carbocycles. The number of hydrogen-bond donors (Lipinski definition) is 14. The van der Waals surface area contributed by atoms with Crippen molar-refractivity contribution in [1.82, 2.24) is 47.2 Å². The van der Waals surface area contributed by atoms with Crippen LogP contribution in [0, 0.1) is 11.8 Å². The number of carbonyl (C=O) groups excluding carboxylic acids is 7. The lowest BCUT2D eigenvalue weighted by Gasteiger charge is -2.27. The summed E-state index contributed by atoms with van der Waals surface area (Å²) in [5, 5.41) is 54.8. The van der Waals surface area contributed by atoms with Crippen molar-refractivity contribution < 1.29 is 68.4 Å². The van der Waals surface area contributed by atoms with Crippen molar-refractivity contribution in [3.8, 4) is 0 Å². The van der Waals surface area contributed by atoms with Gasteiger partial charge in [0.2, 0.25) is 41.4 Å². The molecule has 64 heavy (non-hydrogen) atoms. The maximum Gasteiger partial charge on any atom is 0.326 e. The van der Waals surface area contributed by atoms with Crippen LogP contribution in [-0.2, 0) is 54.4 Å². The second kappa shape index (κ2) is 28.5. The Kier molecular flexibility index (Phi) is 24.8. The summed E-state index contributed by atoms with van der Waals surface area (Å²) in [6.45, 7) is 7.53. The van der Waals surface area contributed by atoms with E-state index in [9.17, 15) is 63.3 Å². The molecule has 0 fully saturated rings. The fourth-order valence-corrected chi connectivity index (χ4v) is 6.01. The highest BCUT2D eigenvalue weighted by Crippen LogP contribution is 2.10. The fraction of sp³-hybridized carbons (Fsp3) is 0.667. The summed E-state index contributed by atoms with van der Waals surface area (Å²) in [5.41, 5.74) is 11.6. The molecule has 0 radical (unpaired) electrons. The van der Waals surface area contributed by atoms with Crippen LogP contribution >= 0.6 is 0 Å². The molecule has 0 bridgehead atoms. The number of aliphatic hydroxyl groups is 1. The number of aromatic amines is 1. The minimum absolute atomic E-state index is 0.0283. The standard InChI is InChI=1S/C39H65N11O14/c1-19(2)12-25(46-33(57)23(41)9-10-30(52)53)34(58)44-21(5)32(56)50-29(17-51)38(62)47-26(13-20(3)4)35(59)48-27(14-22-16-42-18-43-22)36(60)49-28(15-31(54)55)37(61)45-24(39(63)64)8-6-7-11-40/h16,18-21,23-29,51H,6-15,17,40-41H2,1-5H3,(H,42,43)(H,44,58)(H,45,61)(H,46,57)(H,47,62)(H,48,59)(H,49,60)(H,50,56)(H,52,53)(H,54,55)(H,63,64)/t21-,23-,24-,25-,26-,27-,28-,29-/m0/s1. The van der Waals surface area contributed by atoms with Crippen molar-refractivity contribution in [2.24, 2.45) is 23.3 Å². The van der Waals surface area contributed by atoms with Gasteiger partial charge in [0, 0.05) is 24.7 Å². The Labute approximate surface area is 369 Å². The number of carboxylic acid groups (broad SMARTS) is 3. The van der Waals surface area contributed by atoms with Crippen molar-refractivity contribution in [2.75, 3.05) is 13.2 Å². The highest BCUT2D eigenvalue weighted by molar-refractivity contribution is 5.98. The van der Waals surface area contributed by atoms with Gasteiger partial charge in [0.25, 0.3) is 0 Å². The molecule has 360 valence electrons. The van der Waals surface area contributed by atoms with E-state index in [1.54, 1.807) is 27.7 Å². The van der Waals surface area contributed by atoms with E-state index in [0.29, 0.717) is 18.5 Å². The number of nitrogens with zero attached hydrogens (tertiary/aromatic N) is 1. The van der Waals surface area contributed by atoms with E-state index in [2.05, 4.69) is 47.2 Å². The molecule has 7 amide bonds. The largest absolute Gasteiger partial charge is 0.481 e. The summed E-state index contributed by atoms with van der Waals surface area (Å²) < 4.78 is 0. The van der Waals surface area contributed by atoms with Crippen LogP contribution in [0.25, 0.3) is 0 Å². The number of nitrogens with two attached hydrogens (primary N) is 2. The number of H-pyrrole nitrogens is 1. The SMILES string of the molecule is CC(C)C[C@H](NC(=O)[C@H](CO)NC(=O)[C@H](C)NC(=O)[C@H](CC(C)C)NC(=O)[C@@H](N)CCC(=O)O)C(=O)N[C@@H](Cc1cnc[nH]1)C(=O)N[C@@H](CC(=O)O)C(=O)N[C@@H](CCCCN)C(=O)O. The lowest BCUT2D eigenvalue weighted by molar-refractivity contribution is -0.144. The highest BCUT2D eigenvalue weighted by Gasteiger charge is 2.35. The summed E-state index contributed by atoms with van der Waals surface area (Å²) >= 11 is 0. The number of nitrogens with one attached hydrogen (secondary N) is 8. The molecule has 16 N–H and O–H groups in total. The summed E-state index contributed by atoms with van der Waals surface area (Å²) in [7, 11) is 0. The van der Waals surface area contributed by atoms with E-state index in [-0.39, 0.29) is 56.9 Å². The van der Waals surface area contributed by atoms with Crippen LogP contribution in [0.3, 0.4) is 0 Å². The van der Waals surface area contributed by atoms with Crippen LogP contribution in [0.4, 0.5) is 0 Å². The zero-order valence-electron chi connectivity index (χ0n) is 36.7. The van der Waals surface area contributed by atoms with Gasteiger partial charge >= 0.3 is 17.9 Å². The Morgan fingerprint density at radius 2 is 1.09 bits per heavy atom. The lowest BCUT2D eigenvalue weighted by atomic mass is 10.0. The Morgan fingerprint density at radius 1 is 0.609 bits per heavy atom. The number of aliphatic carboxylic acids is 3. The summed E-state index contributed by atoms with van der Waals surface area (Å²) in [4.78, 5) is 134. The molecular formula is C39H65N11O14. The first-order valence-corrected chi connectivity index (χ1v) is 20.8. The van der Waals surface area contributed by atoms with Crippen LogP contribution in [0.5, 0.6) is 0 Å². The number of rotatable bonds is 31. The Balaban J connectivity index is 3.22. The van der Waals surface area contributed by atoms with Gasteiger partial charge in [0.05, 0.1) is 25.4 Å². The van der Waals surface area contributed by atoms with Crippen molar-refractivity contribution in [3.63, 3.8) is 0 Å². The quantitative estimate of drug-likeness (QED) is 0.0319. The van der Waals surface area contributed by atoms with Gasteiger partial charge in [-0.05, 0) is 63.8 Å². The highest BCUT2D eigenvalue weighted by atomic mass is 16.4. The van der Waals surface area contributed by atoms with E-state index >= 15 is 0 Å². The van der Waals surface area contributed by atoms with Crippen molar-refractivity contribution in [3.05, 3.63) is 18.2 Å². The molecule has 0 saturated heterocycles. The van der Waals surface area contributed by atoms with Gasteiger partial charge in [-0.15, -0.1) is 0 Å². The molecule has 0 aliphatic heterocycles. The summed E-state index contributed by atoms with van der Waals surface area (Å²) in [6.07, 6.45) is 1.64. The predicted octanol–water partition coefficient (Wildman–Crippen LogP) is -3.67. The smallest absolute Gasteiger partial charge is 0.326 e. The molecule has 1 aromatic rings. The van der Waals surface area contributed by atoms with Gasteiger partial charge < -0.3 is 74.1 Å². The molecule has 1 heterocycles. The second-order valence-corrected chi connectivity index (χ2v) is 16.1. The van der Waals surface area contributed by atoms with Gasteiger partial charge in [-0.2, -0.15) is 0 Å². The number of carboxylic acids is 3. The van der Waals surface area contributed by atoms with Crippen molar-refractivity contribution >= 4 is 59.3 Å². The minimum Gasteiger partial charge on any atom is -0.481 e. The zero-order chi connectivity index (χ0) is 48.7. The number of aliphatic hydroxyl groups excluding tert-OH is 1. The maximum atomic E-state index is 13.8. The first-order chi connectivity index (χ1) is 30.0. The van der Waals surface area contributed by atoms with Crippen molar-refractivity contribution in [2.45, 2.75) is 141 Å². The zero-order valence-corrected chi connectivity index (χ0v) is 36.7. The van der Waals surface area contributed by atoms with Gasteiger partial charge in [0.1, 0.15) is 42.3 Å². The van der Waals surface area contributed by atoms with Gasteiger partial charge in [-0.3, -0.25) is 43.2 Å². The third-order valence-corrected chi connectivity index (χ3v) is 9.44. The predicted molar refractivity (Wildman–Crippen MR) is 225 cm³/mol. The van der Waals surface area contributed by atoms with Crippen molar-refractivity contribution in [1.29, 1.82) is 0 Å². The molecule has 25 heteroatoms. The topological polar surface area (TPSA) is 417 Å². The third kappa shape index (κ3) is 21.2. The Hall–Kier alpha value is -6.21. The normalized spacial score (nSPS) is 14.9. The summed E-state index contributed by atoms with van der Waals surface area (Å²) in [6, 6.07) is -11.6. The van der Waals surface area contributed by atoms with Crippen LogP contribution in [0.1, 0.15) is 91.7 Å². The molecular weight excluding hydrogens is 846 g/mol. The first kappa shape index (κ1) is 55.8. The monoisotopic (exact) mass is 911 g/mol. The molecule has 0 saturated carbocycles. The van der Waals surface area contributed by atoms with E-state index < -0.39 is 121 Å². The number of imidazole rings is 1. The van der Waals surface area contributed by atoms with Gasteiger partial charge in [0.15, 0.2) is 0 Å². The second-order valence-electron chi connectivity index (χ2n) is 16.1. The fourth-order valence-electron chi connectivity index (χ4n) is 6.01. The number of amides is 7. The van der Waals surface area contributed by atoms with Gasteiger partial charge in [-0.1, -0.05) is 27.7 Å². The van der Waals surface area contributed by atoms with Crippen LogP contribution in [0.2, 0.25) is 0 Å². The van der Waals surface area contributed by atoms with Crippen LogP contribution in [0.15, 0.2) is 12.5 Å². The molecule has 0 unspecified atom stereocenters. The minimum atomic E-state index is -1.79. The molecule has 1 aromatic heterocycles. The average Bonchev–Trinajstić information content (AvgIpc) is 3.72. The molecule has 0 aliphatic rings. The van der Waals surface area contributed by atoms with E-state index in [1.165, 1.54) is 19.4 Å². The molecule has 0 spiro atoms. The average molecular weight is 912 g/mol. The Bertz CT molecular complexity index is 1740. The van der Waals surface area contributed by atoms with Gasteiger partial charge in [-0.25, -0.2) is 9.78 Å².